The maximum atomic E-state index is 11.9. The van der Waals surface area contributed by atoms with Gasteiger partial charge in [0.2, 0.25) is 0 Å². The number of hydrogen-bond acceptors (Lipinski definition) is 3. The van der Waals surface area contributed by atoms with Crippen LogP contribution in [0.25, 0.3) is 0 Å². The number of nitrogens with zero attached hydrogens (tertiary/aromatic N) is 1. The van der Waals surface area contributed by atoms with Gasteiger partial charge in [-0.1, -0.05) is 0 Å². The first kappa shape index (κ1) is 14.0. The molecule has 3 N–H and O–H groups in total. The number of halogens is 1. The number of carbonyl (C=O) groups excluding carboxylic acids is 1. The molecule has 1 aliphatic rings. The Bertz CT molecular complexity index is 385. The minimum absolute atomic E-state index is 0. The van der Waals surface area contributed by atoms with Crippen LogP contribution < -0.4 is 10.6 Å². The van der Waals surface area contributed by atoms with Gasteiger partial charge >= 0.3 is 0 Å². The molecule has 0 bridgehead atoms. The smallest absolute Gasteiger partial charge is 0.272 e. The van der Waals surface area contributed by atoms with E-state index in [4.69, 9.17) is 0 Å². The van der Waals surface area contributed by atoms with Crippen LogP contribution >= 0.6 is 12.4 Å². The average Bonchev–Trinajstić information content (AvgIpc) is 2.61. The van der Waals surface area contributed by atoms with E-state index in [9.17, 15) is 4.79 Å². The van der Waals surface area contributed by atoms with Crippen molar-refractivity contribution in [3.05, 3.63) is 17.0 Å². The Labute approximate surface area is 107 Å². The predicted molar refractivity (Wildman–Crippen MR) is 68.7 cm³/mol. The van der Waals surface area contributed by atoms with Crippen molar-refractivity contribution in [1.82, 2.24) is 20.8 Å². The number of amides is 1. The van der Waals surface area contributed by atoms with Gasteiger partial charge in [-0.3, -0.25) is 9.89 Å². The third-order valence-electron chi connectivity index (χ3n) is 3.10. The van der Waals surface area contributed by atoms with Crippen LogP contribution in [-0.2, 0) is 0 Å². The van der Waals surface area contributed by atoms with E-state index >= 15 is 0 Å². The van der Waals surface area contributed by atoms with E-state index in [1.54, 1.807) is 0 Å². The molecule has 2 rings (SSSR count). The molecule has 1 aromatic heterocycles. The Morgan fingerprint density at radius 1 is 1.47 bits per heavy atom. The van der Waals surface area contributed by atoms with Gasteiger partial charge in [0.05, 0.1) is 0 Å². The van der Waals surface area contributed by atoms with Crippen LogP contribution in [0.4, 0.5) is 0 Å². The summed E-state index contributed by atoms with van der Waals surface area (Å²) in [5.41, 5.74) is 2.40. The molecule has 1 amide bonds. The molecule has 1 saturated heterocycles. The van der Waals surface area contributed by atoms with Crippen molar-refractivity contribution in [2.24, 2.45) is 0 Å². The number of aromatic amines is 1. The number of hydrogen-bond donors (Lipinski definition) is 3. The Kier molecular flexibility index (Phi) is 4.96. The van der Waals surface area contributed by atoms with E-state index in [-0.39, 0.29) is 24.4 Å². The molecule has 0 aromatic carbocycles. The minimum atomic E-state index is -0.0736. The topological polar surface area (TPSA) is 69.8 Å². The van der Waals surface area contributed by atoms with E-state index in [0.29, 0.717) is 5.69 Å². The summed E-state index contributed by atoms with van der Waals surface area (Å²) in [7, 11) is 0. The number of piperidine rings is 1. The normalized spacial score (nSPS) is 19.5. The second kappa shape index (κ2) is 6.02. The first-order valence-corrected chi connectivity index (χ1v) is 5.71. The van der Waals surface area contributed by atoms with Crippen LogP contribution in [0.15, 0.2) is 0 Å². The predicted octanol–water partition coefficient (Wildman–Crippen LogP) is 0.930. The molecule has 96 valence electrons. The van der Waals surface area contributed by atoms with E-state index in [2.05, 4.69) is 20.8 Å². The Balaban J connectivity index is 0.00000144. The number of nitrogens with one attached hydrogen (secondary N) is 3. The van der Waals surface area contributed by atoms with Gasteiger partial charge in [0.25, 0.3) is 5.91 Å². The fourth-order valence-electron chi connectivity index (χ4n) is 1.93. The summed E-state index contributed by atoms with van der Waals surface area (Å²) >= 11 is 0. The summed E-state index contributed by atoms with van der Waals surface area (Å²) in [4.78, 5) is 11.9. The standard InChI is InChI=1S/C11H18N4O.ClH/c1-7-8(2)14-15-10(7)11(16)13-9-4-3-5-12-6-9;/h9,12H,3-6H2,1-2H3,(H,13,16)(H,14,15);1H/t9-;/m0./s1. The van der Waals surface area contributed by atoms with Crippen LogP contribution in [0.2, 0.25) is 0 Å². The lowest BCUT2D eigenvalue weighted by Gasteiger charge is -2.23. The van der Waals surface area contributed by atoms with Crippen molar-refractivity contribution in [2.75, 3.05) is 13.1 Å². The van der Waals surface area contributed by atoms with Crippen molar-refractivity contribution in [3.63, 3.8) is 0 Å². The van der Waals surface area contributed by atoms with E-state index in [1.165, 1.54) is 0 Å². The van der Waals surface area contributed by atoms with E-state index < -0.39 is 0 Å². The first-order chi connectivity index (χ1) is 7.68. The van der Waals surface area contributed by atoms with Crippen LogP contribution in [0.3, 0.4) is 0 Å². The van der Waals surface area contributed by atoms with Gasteiger partial charge in [0, 0.05) is 23.8 Å². The molecule has 1 atom stereocenters. The van der Waals surface area contributed by atoms with Gasteiger partial charge in [0.15, 0.2) is 5.69 Å². The molecule has 0 aliphatic carbocycles. The average molecular weight is 259 g/mol. The molecule has 0 radical (unpaired) electrons. The number of aromatic nitrogens is 2. The van der Waals surface area contributed by atoms with Crippen molar-refractivity contribution in [1.29, 1.82) is 0 Å². The summed E-state index contributed by atoms with van der Waals surface area (Å²) < 4.78 is 0. The van der Waals surface area contributed by atoms with Crippen molar-refractivity contribution >= 4 is 18.3 Å². The fraction of sp³-hybridized carbons (Fsp3) is 0.636. The zero-order valence-corrected chi connectivity index (χ0v) is 11.0. The Morgan fingerprint density at radius 2 is 2.24 bits per heavy atom. The molecule has 6 heteroatoms. The maximum absolute atomic E-state index is 11.9. The molecule has 17 heavy (non-hydrogen) atoms. The van der Waals surface area contributed by atoms with Crippen molar-refractivity contribution < 1.29 is 4.79 Å². The van der Waals surface area contributed by atoms with E-state index in [1.807, 2.05) is 13.8 Å². The van der Waals surface area contributed by atoms with Crippen LogP contribution in [0, 0.1) is 13.8 Å². The molecule has 0 spiro atoms. The maximum Gasteiger partial charge on any atom is 0.272 e. The highest BCUT2D eigenvalue weighted by molar-refractivity contribution is 5.94. The number of H-pyrrole nitrogens is 1. The molecule has 2 heterocycles. The molecule has 0 unspecified atom stereocenters. The van der Waals surface area contributed by atoms with Crippen LogP contribution in [0.1, 0.15) is 34.6 Å². The van der Waals surface area contributed by atoms with Crippen LogP contribution in [0.5, 0.6) is 0 Å². The highest BCUT2D eigenvalue weighted by atomic mass is 35.5. The largest absolute Gasteiger partial charge is 0.347 e. The summed E-state index contributed by atoms with van der Waals surface area (Å²) in [5.74, 6) is -0.0736. The van der Waals surface area contributed by atoms with Gasteiger partial charge in [-0.25, -0.2) is 0 Å². The third-order valence-corrected chi connectivity index (χ3v) is 3.10. The zero-order valence-electron chi connectivity index (χ0n) is 10.2. The van der Waals surface area contributed by atoms with E-state index in [0.717, 1.165) is 37.2 Å². The molecule has 5 nitrogen and oxygen atoms in total. The summed E-state index contributed by atoms with van der Waals surface area (Å²) in [6, 6.07) is 0.234. The van der Waals surface area contributed by atoms with Gasteiger partial charge in [0.1, 0.15) is 0 Å². The highest BCUT2D eigenvalue weighted by Crippen LogP contribution is 2.09. The monoisotopic (exact) mass is 258 g/mol. The summed E-state index contributed by atoms with van der Waals surface area (Å²) in [6.45, 7) is 5.73. The van der Waals surface area contributed by atoms with Crippen LogP contribution in [-0.4, -0.2) is 35.2 Å². The van der Waals surface area contributed by atoms with Gasteiger partial charge < -0.3 is 10.6 Å². The molecular formula is C11H19ClN4O. The second-order valence-electron chi connectivity index (χ2n) is 4.34. The Morgan fingerprint density at radius 3 is 2.76 bits per heavy atom. The van der Waals surface area contributed by atoms with Gasteiger partial charge in [-0.15, -0.1) is 12.4 Å². The zero-order chi connectivity index (χ0) is 11.5. The summed E-state index contributed by atoms with van der Waals surface area (Å²) in [5, 5.41) is 13.1. The van der Waals surface area contributed by atoms with Crippen molar-refractivity contribution in [3.8, 4) is 0 Å². The lowest BCUT2D eigenvalue weighted by Crippen LogP contribution is -2.45. The molecule has 0 saturated carbocycles. The quantitative estimate of drug-likeness (QED) is 0.739. The van der Waals surface area contributed by atoms with Crippen molar-refractivity contribution in [2.45, 2.75) is 32.7 Å². The SMILES string of the molecule is Cc1[nH]nc(C(=O)N[C@H]2CCCNC2)c1C.Cl. The molecule has 1 aliphatic heterocycles. The molecule has 1 aromatic rings. The first-order valence-electron chi connectivity index (χ1n) is 5.71. The fourth-order valence-corrected chi connectivity index (χ4v) is 1.93. The number of aryl methyl sites for hydroxylation is 1. The number of rotatable bonds is 2. The van der Waals surface area contributed by atoms with Gasteiger partial charge in [-0.05, 0) is 33.2 Å². The van der Waals surface area contributed by atoms with Gasteiger partial charge in [-0.2, -0.15) is 5.10 Å². The lowest BCUT2D eigenvalue weighted by atomic mass is 10.1. The number of carbonyl (C=O) groups is 1. The Hall–Kier alpha value is -1.07. The highest BCUT2D eigenvalue weighted by Gasteiger charge is 2.19. The minimum Gasteiger partial charge on any atom is -0.347 e. The molecule has 1 fully saturated rings. The lowest BCUT2D eigenvalue weighted by molar-refractivity contribution is 0.0925. The summed E-state index contributed by atoms with van der Waals surface area (Å²) in [6.07, 6.45) is 2.16. The molecular weight excluding hydrogens is 240 g/mol. The third kappa shape index (κ3) is 3.20. The second-order valence-corrected chi connectivity index (χ2v) is 4.34.